The van der Waals surface area contributed by atoms with Crippen molar-refractivity contribution in [2.24, 2.45) is 5.41 Å². The normalized spacial score (nSPS) is 24.9. The molecule has 3 atom stereocenters. The van der Waals surface area contributed by atoms with E-state index in [0.717, 1.165) is 11.3 Å². The zero-order chi connectivity index (χ0) is 21.8. The van der Waals surface area contributed by atoms with Crippen LogP contribution in [0.15, 0.2) is 35.7 Å². The number of rotatable bonds is 8. The number of nitrogens with zero attached hydrogens (tertiary/aromatic N) is 3. The van der Waals surface area contributed by atoms with Crippen LogP contribution in [0.1, 0.15) is 11.3 Å². The monoisotopic (exact) mass is 460 g/mol. The van der Waals surface area contributed by atoms with E-state index in [4.69, 9.17) is 9.47 Å². The summed E-state index contributed by atoms with van der Waals surface area (Å²) in [6, 6.07) is 6.70. The quantitative estimate of drug-likeness (QED) is 0.357. The summed E-state index contributed by atoms with van der Waals surface area (Å²) >= 11 is 2.66. The Morgan fingerprint density at radius 2 is 2.19 bits per heavy atom. The molecule has 2 unspecified atom stereocenters. The van der Waals surface area contributed by atoms with Crippen LogP contribution in [0.3, 0.4) is 0 Å². The molecule has 0 radical (unpaired) electrons. The van der Waals surface area contributed by atoms with Crippen molar-refractivity contribution in [2.45, 2.75) is 18.0 Å². The second kappa shape index (κ2) is 9.06. The number of aromatic nitrogens is 2. The fraction of sp³-hybridized carbons (Fsp3) is 0.350. The van der Waals surface area contributed by atoms with E-state index in [1.54, 1.807) is 41.7 Å². The molecule has 2 fully saturated rings. The summed E-state index contributed by atoms with van der Waals surface area (Å²) in [5, 5.41) is 8.11. The molecule has 9 nitrogen and oxygen atoms in total. The van der Waals surface area contributed by atoms with Crippen LogP contribution in [0, 0.1) is 5.41 Å². The maximum absolute atomic E-state index is 13.2. The van der Waals surface area contributed by atoms with Crippen molar-refractivity contribution in [1.29, 1.82) is 0 Å². The molecule has 2 aliphatic heterocycles. The molecule has 11 heteroatoms. The molecule has 0 saturated carbocycles. The zero-order valence-corrected chi connectivity index (χ0v) is 18.2. The summed E-state index contributed by atoms with van der Waals surface area (Å²) in [6.07, 6.45) is 4.00. The second-order valence-corrected chi connectivity index (χ2v) is 8.89. The first-order valence-electron chi connectivity index (χ1n) is 9.44. The van der Waals surface area contributed by atoms with E-state index in [0.29, 0.717) is 17.9 Å². The molecule has 4 rings (SSSR count). The summed E-state index contributed by atoms with van der Waals surface area (Å²) in [5.41, 5.74) is 0.433. The van der Waals surface area contributed by atoms with E-state index in [9.17, 15) is 14.4 Å². The van der Waals surface area contributed by atoms with Crippen LogP contribution >= 0.6 is 23.3 Å². The van der Waals surface area contributed by atoms with Gasteiger partial charge in [0.25, 0.3) is 0 Å². The number of carbonyl (C=O) groups excluding carboxylic acids is 3. The van der Waals surface area contributed by atoms with E-state index >= 15 is 0 Å². The van der Waals surface area contributed by atoms with Crippen LogP contribution < -0.4 is 10.1 Å². The number of hydrogen-bond donors (Lipinski definition) is 1. The first-order valence-corrected chi connectivity index (χ1v) is 11.3. The summed E-state index contributed by atoms with van der Waals surface area (Å²) < 4.78 is 14.6. The van der Waals surface area contributed by atoms with Gasteiger partial charge in [-0.15, -0.1) is 16.9 Å². The number of fused-ring (bicyclic) bond motifs is 1. The van der Waals surface area contributed by atoms with Crippen molar-refractivity contribution in [2.75, 3.05) is 19.4 Å². The van der Waals surface area contributed by atoms with Gasteiger partial charge in [-0.2, -0.15) is 0 Å². The van der Waals surface area contributed by atoms with Crippen molar-refractivity contribution in [3.05, 3.63) is 47.0 Å². The number of amides is 2. The minimum atomic E-state index is -1.03. The molecule has 1 aromatic heterocycles. The van der Waals surface area contributed by atoms with Gasteiger partial charge in [0.15, 0.2) is 0 Å². The number of esters is 1. The second-order valence-electron chi connectivity index (χ2n) is 7.17. The van der Waals surface area contributed by atoms with Crippen molar-refractivity contribution in [1.82, 2.24) is 19.8 Å². The molecule has 31 heavy (non-hydrogen) atoms. The van der Waals surface area contributed by atoms with Crippen LogP contribution in [0.5, 0.6) is 5.75 Å². The third-order valence-corrected chi connectivity index (χ3v) is 7.31. The Labute approximate surface area is 187 Å². The lowest BCUT2D eigenvalue weighted by Crippen LogP contribution is -2.72. The van der Waals surface area contributed by atoms with E-state index in [2.05, 4.69) is 14.9 Å². The Kier molecular flexibility index (Phi) is 6.23. The summed E-state index contributed by atoms with van der Waals surface area (Å²) in [5.74, 6) is 0.498. The summed E-state index contributed by atoms with van der Waals surface area (Å²) in [6.45, 7) is 0.282. The molecular formula is C20H20N4O5S2. The average molecular weight is 461 g/mol. The standard InChI is InChI=1S/C20H20N4O5S2/c1-28-15-4-2-13(3-5-15)8-29-19(27)20(7-6-14-9-31-23-22-14)10-24-17(26)16(21-12-25)18(24)30-11-20/h2-7,9,12,16,18H,8,10-11H2,1H3,(H,21,25)/t16?,18-,20?/m1/s1. The molecule has 3 heterocycles. The van der Waals surface area contributed by atoms with Gasteiger partial charge < -0.3 is 19.7 Å². The third kappa shape index (κ3) is 4.28. The zero-order valence-electron chi connectivity index (χ0n) is 16.6. The summed E-state index contributed by atoms with van der Waals surface area (Å²) in [7, 11) is 1.59. The fourth-order valence-electron chi connectivity index (χ4n) is 3.48. The van der Waals surface area contributed by atoms with E-state index in [1.165, 1.54) is 23.3 Å². The lowest BCUT2D eigenvalue weighted by Gasteiger charge is -2.53. The fourth-order valence-corrected chi connectivity index (χ4v) is 5.43. The van der Waals surface area contributed by atoms with Gasteiger partial charge in [-0.1, -0.05) is 22.7 Å². The molecular weight excluding hydrogens is 440 g/mol. The molecule has 0 aliphatic carbocycles. The minimum Gasteiger partial charge on any atom is -0.497 e. The van der Waals surface area contributed by atoms with E-state index < -0.39 is 17.4 Å². The van der Waals surface area contributed by atoms with Crippen molar-refractivity contribution < 1.29 is 23.9 Å². The Morgan fingerprint density at radius 1 is 1.39 bits per heavy atom. The molecule has 2 aliphatic rings. The van der Waals surface area contributed by atoms with Crippen LogP contribution in [0.4, 0.5) is 0 Å². The maximum Gasteiger partial charge on any atom is 0.318 e. The van der Waals surface area contributed by atoms with Gasteiger partial charge in [0.05, 0.1) is 12.8 Å². The first-order chi connectivity index (χ1) is 15.1. The van der Waals surface area contributed by atoms with Crippen molar-refractivity contribution in [3.8, 4) is 5.75 Å². The number of carbonyl (C=O) groups is 3. The highest BCUT2D eigenvalue weighted by molar-refractivity contribution is 8.00. The topological polar surface area (TPSA) is 111 Å². The number of nitrogens with one attached hydrogen (secondary N) is 1. The number of thioether (sulfide) groups is 1. The Morgan fingerprint density at radius 3 is 2.87 bits per heavy atom. The molecule has 162 valence electrons. The van der Waals surface area contributed by atoms with Gasteiger partial charge in [-0.3, -0.25) is 14.4 Å². The molecule has 1 N–H and O–H groups in total. The number of benzene rings is 1. The predicted octanol–water partition coefficient (Wildman–Crippen LogP) is 1.32. The van der Waals surface area contributed by atoms with Gasteiger partial charge in [0.1, 0.15) is 29.2 Å². The van der Waals surface area contributed by atoms with Crippen molar-refractivity contribution in [3.63, 3.8) is 0 Å². The Hall–Kier alpha value is -2.92. The first kappa shape index (κ1) is 21.3. The van der Waals surface area contributed by atoms with Crippen LogP contribution in [0.2, 0.25) is 0 Å². The van der Waals surface area contributed by atoms with Gasteiger partial charge in [-0.25, -0.2) is 0 Å². The number of β-lactam (4-membered cyclic amide) rings is 1. The third-order valence-electron chi connectivity index (χ3n) is 5.24. The van der Waals surface area contributed by atoms with Crippen LogP contribution in [-0.4, -0.2) is 63.6 Å². The minimum absolute atomic E-state index is 0.105. The number of methoxy groups -OCH3 is 1. The van der Waals surface area contributed by atoms with E-state index in [-0.39, 0.29) is 24.4 Å². The van der Waals surface area contributed by atoms with Gasteiger partial charge >= 0.3 is 5.97 Å². The average Bonchev–Trinajstić information content (AvgIpc) is 3.33. The molecule has 2 saturated heterocycles. The summed E-state index contributed by atoms with van der Waals surface area (Å²) in [4.78, 5) is 38.0. The predicted molar refractivity (Wildman–Crippen MR) is 115 cm³/mol. The van der Waals surface area contributed by atoms with Crippen LogP contribution in [0.25, 0.3) is 6.08 Å². The Balaban J connectivity index is 1.51. The smallest absolute Gasteiger partial charge is 0.318 e. The van der Waals surface area contributed by atoms with Gasteiger partial charge in [0, 0.05) is 17.7 Å². The maximum atomic E-state index is 13.2. The highest BCUT2D eigenvalue weighted by Gasteiger charge is 2.56. The van der Waals surface area contributed by atoms with E-state index in [1.807, 2.05) is 12.1 Å². The highest BCUT2D eigenvalue weighted by atomic mass is 32.2. The molecule has 0 bridgehead atoms. The number of ether oxygens (including phenoxy) is 2. The lowest BCUT2D eigenvalue weighted by atomic mass is 9.86. The lowest BCUT2D eigenvalue weighted by molar-refractivity contribution is -0.160. The largest absolute Gasteiger partial charge is 0.497 e. The van der Waals surface area contributed by atoms with Crippen LogP contribution in [-0.2, 0) is 25.7 Å². The van der Waals surface area contributed by atoms with Gasteiger partial charge in [-0.05, 0) is 35.3 Å². The Bertz CT molecular complexity index is 982. The molecule has 2 amide bonds. The molecule has 0 spiro atoms. The number of hydrogen-bond acceptors (Lipinski definition) is 9. The molecule has 2 aromatic rings. The SMILES string of the molecule is COc1ccc(COC(=O)C2(C=Cc3csnn3)CS[C@@H]3C(NC=O)C(=O)N3C2)cc1. The van der Waals surface area contributed by atoms with Gasteiger partial charge in [0.2, 0.25) is 12.3 Å². The van der Waals surface area contributed by atoms with Crippen molar-refractivity contribution >= 4 is 47.7 Å². The molecule has 1 aromatic carbocycles. The highest BCUT2D eigenvalue weighted by Crippen LogP contribution is 2.43.